The molecule has 1 atom stereocenters. The lowest BCUT2D eigenvalue weighted by atomic mass is 10.1. The molecule has 0 saturated heterocycles. The second-order valence-corrected chi connectivity index (χ2v) is 5.09. The Bertz CT molecular complexity index is 601. The molecule has 2 aromatic rings. The Kier molecular flexibility index (Phi) is 3.81. The second kappa shape index (κ2) is 5.35. The smallest absolute Gasteiger partial charge is 0.218 e. The van der Waals surface area contributed by atoms with Gasteiger partial charge >= 0.3 is 0 Å². The fraction of sp³-hybridized carbons (Fsp3) is 0.231. The predicted molar refractivity (Wildman–Crippen MR) is 69.1 cm³/mol. The summed E-state index contributed by atoms with van der Waals surface area (Å²) in [5, 5.41) is 0.227. The maximum absolute atomic E-state index is 13.8. The van der Waals surface area contributed by atoms with Gasteiger partial charge < -0.3 is 0 Å². The summed E-state index contributed by atoms with van der Waals surface area (Å²) in [6, 6.07) is 6.44. The van der Waals surface area contributed by atoms with Crippen molar-refractivity contribution >= 4 is 10.8 Å². The Morgan fingerprint density at radius 1 is 1.33 bits per heavy atom. The summed E-state index contributed by atoms with van der Waals surface area (Å²) in [7, 11) is -1.27. The van der Waals surface area contributed by atoms with Crippen molar-refractivity contribution in [3.8, 4) is 11.3 Å². The van der Waals surface area contributed by atoms with Crippen LogP contribution in [0.2, 0.25) is 0 Å². The van der Waals surface area contributed by atoms with Crippen LogP contribution in [0.3, 0.4) is 0 Å². The average molecular weight is 264 g/mol. The lowest BCUT2D eigenvalue weighted by Crippen LogP contribution is -2.02. The fourth-order valence-electron chi connectivity index (χ4n) is 1.67. The molecule has 1 unspecified atom stereocenters. The highest BCUT2D eigenvalue weighted by Gasteiger charge is 2.13. The van der Waals surface area contributed by atoms with Crippen molar-refractivity contribution in [1.29, 1.82) is 0 Å². The Labute approximate surface area is 108 Å². The highest BCUT2D eigenvalue weighted by atomic mass is 32.2. The van der Waals surface area contributed by atoms with Crippen LogP contribution in [-0.2, 0) is 17.2 Å². The van der Waals surface area contributed by atoms with E-state index in [-0.39, 0.29) is 11.0 Å². The first kappa shape index (κ1) is 12.8. The monoisotopic (exact) mass is 264 g/mol. The number of aromatic nitrogens is 2. The summed E-state index contributed by atoms with van der Waals surface area (Å²) in [5.74, 6) is -0.335. The molecule has 0 radical (unpaired) electrons. The first-order valence-corrected chi connectivity index (χ1v) is 7.13. The number of benzene rings is 1. The number of aryl methyl sites for hydroxylation is 1. The van der Waals surface area contributed by atoms with Gasteiger partial charge in [-0.25, -0.2) is 14.4 Å². The van der Waals surface area contributed by atoms with Crippen molar-refractivity contribution in [3.05, 3.63) is 41.8 Å². The van der Waals surface area contributed by atoms with Gasteiger partial charge in [0.15, 0.2) is 0 Å². The van der Waals surface area contributed by atoms with Crippen molar-refractivity contribution in [1.82, 2.24) is 9.97 Å². The molecule has 1 aromatic heterocycles. The van der Waals surface area contributed by atoms with Gasteiger partial charge in [0.05, 0.1) is 16.5 Å². The minimum atomic E-state index is -1.27. The van der Waals surface area contributed by atoms with Gasteiger partial charge in [-0.1, -0.05) is 19.1 Å². The van der Waals surface area contributed by atoms with Crippen LogP contribution in [0.1, 0.15) is 12.5 Å². The molecule has 0 aliphatic carbocycles. The van der Waals surface area contributed by atoms with E-state index in [1.54, 1.807) is 24.4 Å². The van der Waals surface area contributed by atoms with Gasteiger partial charge in [0.2, 0.25) is 5.16 Å². The molecule has 0 N–H and O–H groups in total. The molecule has 94 valence electrons. The third kappa shape index (κ3) is 2.46. The van der Waals surface area contributed by atoms with E-state index in [0.29, 0.717) is 17.7 Å². The molecule has 0 spiro atoms. The van der Waals surface area contributed by atoms with Crippen molar-refractivity contribution in [3.63, 3.8) is 0 Å². The lowest BCUT2D eigenvalue weighted by Gasteiger charge is -2.08. The molecule has 0 aliphatic rings. The molecule has 0 fully saturated rings. The van der Waals surface area contributed by atoms with Crippen LogP contribution in [0, 0.1) is 5.82 Å². The first-order chi connectivity index (χ1) is 8.63. The van der Waals surface area contributed by atoms with E-state index >= 15 is 0 Å². The number of nitrogens with zero attached hydrogens (tertiary/aromatic N) is 2. The molecule has 18 heavy (non-hydrogen) atoms. The van der Waals surface area contributed by atoms with Gasteiger partial charge in [-0.05, 0) is 24.1 Å². The molecule has 0 bridgehead atoms. The Balaban J connectivity index is 2.64. The third-order valence-electron chi connectivity index (χ3n) is 2.61. The highest BCUT2D eigenvalue weighted by molar-refractivity contribution is 7.84. The zero-order chi connectivity index (χ0) is 13.1. The molecule has 5 heteroatoms. The van der Waals surface area contributed by atoms with Gasteiger partial charge in [-0.3, -0.25) is 4.21 Å². The topological polar surface area (TPSA) is 42.9 Å². The van der Waals surface area contributed by atoms with Crippen LogP contribution >= 0.6 is 0 Å². The standard InChI is InChI=1S/C13H13FN2OS/c1-3-9-8-15-13(18(2)17)16-12(9)10-6-4-5-7-11(10)14/h4-8H,3H2,1-2H3. The maximum atomic E-state index is 13.8. The van der Waals surface area contributed by atoms with Gasteiger partial charge in [0.1, 0.15) is 5.82 Å². The number of hydrogen-bond acceptors (Lipinski definition) is 3. The minimum Gasteiger partial charge on any atom is -0.251 e. The summed E-state index contributed by atoms with van der Waals surface area (Å²) < 4.78 is 25.2. The first-order valence-electron chi connectivity index (χ1n) is 5.57. The van der Waals surface area contributed by atoms with E-state index in [1.807, 2.05) is 6.92 Å². The zero-order valence-electron chi connectivity index (χ0n) is 10.2. The summed E-state index contributed by atoms with van der Waals surface area (Å²) in [5.41, 5.74) is 1.79. The van der Waals surface area contributed by atoms with Gasteiger partial charge in [-0.2, -0.15) is 0 Å². The molecule has 1 heterocycles. The molecule has 1 aromatic carbocycles. The lowest BCUT2D eigenvalue weighted by molar-refractivity contribution is 0.629. The maximum Gasteiger partial charge on any atom is 0.218 e. The van der Waals surface area contributed by atoms with E-state index < -0.39 is 10.8 Å². The van der Waals surface area contributed by atoms with Crippen molar-refractivity contribution < 1.29 is 8.60 Å². The number of hydrogen-bond donors (Lipinski definition) is 0. The summed E-state index contributed by atoms with van der Waals surface area (Å²) in [6.45, 7) is 1.95. The van der Waals surface area contributed by atoms with Crippen LogP contribution in [0.5, 0.6) is 0 Å². The Morgan fingerprint density at radius 3 is 2.67 bits per heavy atom. The number of halogens is 1. The van der Waals surface area contributed by atoms with Crippen LogP contribution < -0.4 is 0 Å². The van der Waals surface area contributed by atoms with E-state index in [9.17, 15) is 8.60 Å². The SMILES string of the molecule is CCc1cnc(S(C)=O)nc1-c1ccccc1F. The largest absolute Gasteiger partial charge is 0.251 e. The molecule has 0 saturated carbocycles. The van der Waals surface area contributed by atoms with Crippen molar-refractivity contribution in [2.24, 2.45) is 0 Å². The Hall–Kier alpha value is -1.62. The summed E-state index contributed by atoms with van der Waals surface area (Å²) >= 11 is 0. The zero-order valence-corrected chi connectivity index (χ0v) is 11.0. The van der Waals surface area contributed by atoms with Crippen LogP contribution in [0.4, 0.5) is 4.39 Å². The van der Waals surface area contributed by atoms with Crippen molar-refractivity contribution in [2.75, 3.05) is 6.26 Å². The van der Waals surface area contributed by atoms with E-state index in [4.69, 9.17) is 0 Å². The molecular formula is C13H13FN2OS. The van der Waals surface area contributed by atoms with Crippen molar-refractivity contribution in [2.45, 2.75) is 18.5 Å². The molecule has 0 amide bonds. The fourth-order valence-corrected chi connectivity index (χ4v) is 2.10. The summed E-state index contributed by atoms with van der Waals surface area (Å²) in [6.07, 6.45) is 3.82. The molecule has 3 nitrogen and oxygen atoms in total. The van der Waals surface area contributed by atoms with Gasteiger partial charge in [-0.15, -0.1) is 0 Å². The van der Waals surface area contributed by atoms with Crippen LogP contribution in [0.15, 0.2) is 35.6 Å². The van der Waals surface area contributed by atoms with Gasteiger partial charge in [0, 0.05) is 18.0 Å². The second-order valence-electron chi connectivity index (χ2n) is 3.81. The quantitative estimate of drug-likeness (QED) is 0.800. The average Bonchev–Trinajstić information content (AvgIpc) is 2.38. The molecule has 2 rings (SSSR count). The Morgan fingerprint density at radius 2 is 2.06 bits per heavy atom. The van der Waals surface area contributed by atoms with Crippen LogP contribution in [0.25, 0.3) is 11.3 Å². The molecular weight excluding hydrogens is 251 g/mol. The number of rotatable bonds is 3. The van der Waals surface area contributed by atoms with E-state index in [0.717, 1.165) is 5.56 Å². The minimum absolute atomic E-state index is 0.227. The highest BCUT2D eigenvalue weighted by Crippen LogP contribution is 2.24. The van der Waals surface area contributed by atoms with E-state index in [2.05, 4.69) is 9.97 Å². The predicted octanol–water partition coefficient (Wildman–Crippen LogP) is 2.58. The normalized spacial score (nSPS) is 12.4. The van der Waals surface area contributed by atoms with Gasteiger partial charge in [0.25, 0.3) is 0 Å². The van der Waals surface area contributed by atoms with Crippen LogP contribution in [-0.4, -0.2) is 20.4 Å². The summed E-state index contributed by atoms with van der Waals surface area (Å²) in [4.78, 5) is 8.25. The molecule has 0 aliphatic heterocycles. The van der Waals surface area contributed by atoms with E-state index in [1.165, 1.54) is 12.3 Å². The third-order valence-corrected chi connectivity index (χ3v) is 3.32.